The molecule has 1 atom stereocenters. The smallest absolute Gasteiger partial charge is 0.0252 e. The molecular formula is C10H24N2. The maximum Gasteiger partial charge on any atom is 0.0252 e. The number of nitrogens with two attached hydrogens (primary N) is 1. The minimum absolute atomic E-state index is 0.0242. The van der Waals surface area contributed by atoms with E-state index in [1.165, 1.54) is 0 Å². The van der Waals surface area contributed by atoms with Crippen molar-refractivity contribution in [3.63, 3.8) is 0 Å². The van der Waals surface area contributed by atoms with Crippen LogP contribution in [0.4, 0.5) is 0 Å². The third-order valence-electron chi connectivity index (χ3n) is 1.90. The Hall–Kier alpha value is -0.0800. The zero-order valence-corrected chi connectivity index (χ0v) is 8.98. The molecule has 0 amide bonds. The summed E-state index contributed by atoms with van der Waals surface area (Å²) in [5.74, 6) is 0.711. The van der Waals surface area contributed by atoms with E-state index in [0.29, 0.717) is 5.92 Å². The van der Waals surface area contributed by atoms with Crippen molar-refractivity contribution < 1.29 is 0 Å². The molecule has 0 aromatic carbocycles. The summed E-state index contributed by atoms with van der Waals surface area (Å²) < 4.78 is 0. The van der Waals surface area contributed by atoms with Crippen LogP contribution in [0.5, 0.6) is 0 Å². The Bertz CT molecular complexity index is 108. The lowest BCUT2D eigenvalue weighted by atomic mass is 9.97. The van der Waals surface area contributed by atoms with Gasteiger partial charge in [-0.15, -0.1) is 0 Å². The Labute approximate surface area is 76.9 Å². The first-order valence-corrected chi connectivity index (χ1v) is 4.97. The van der Waals surface area contributed by atoms with Crippen molar-refractivity contribution in [1.82, 2.24) is 5.32 Å². The summed E-state index contributed by atoms with van der Waals surface area (Å²) in [4.78, 5) is 0. The van der Waals surface area contributed by atoms with E-state index in [9.17, 15) is 0 Å². The Morgan fingerprint density at radius 2 is 2.00 bits per heavy atom. The lowest BCUT2D eigenvalue weighted by molar-refractivity contribution is 0.385. The molecule has 0 aliphatic carbocycles. The maximum absolute atomic E-state index is 6.05. The standard InChI is InChI=1S/C10H24N2/c1-5-6-10(4,11)8-12-7-9(2)3/h9,12H,5-8,11H2,1-4H3. The van der Waals surface area contributed by atoms with E-state index < -0.39 is 0 Å². The van der Waals surface area contributed by atoms with Crippen LogP contribution in [0.3, 0.4) is 0 Å². The summed E-state index contributed by atoms with van der Waals surface area (Å²) in [5.41, 5.74) is 6.03. The minimum Gasteiger partial charge on any atom is -0.324 e. The van der Waals surface area contributed by atoms with Gasteiger partial charge in [-0.05, 0) is 25.8 Å². The summed E-state index contributed by atoms with van der Waals surface area (Å²) >= 11 is 0. The molecule has 0 aromatic rings. The highest BCUT2D eigenvalue weighted by molar-refractivity contribution is 4.80. The second kappa shape index (κ2) is 5.55. The van der Waals surface area contributed by atoms with Gasteiger partial charge in [0.2, 0.25) is 0 Å². The molecular weight excluding hydrogens is 148 g/mol. The fourth-order valence-electron chi connectivity index (χ4n) is 1.31. The highest BCUT2D eigenvalue weighted by Crippen LogP contribution is 2.06. The van der Waals surface area contributed by atoms with Crippen molar-refractivity contribution in [1.29, 1.82) is 0 Å². The van der Waals surface area contributed by atoms with Gasteiger partial charge < -0.3 is 11.1 Å². The van der Waals surface area contributed by atoms with Gasteiger partial charge in [0.1, 0.15) is 0 Å². The zero-order valence-electron chi connectivity index (χ0n) is 8.98. The molecule has 12 heavy (non-hydrogen) atoms. The van der Waals surface area contributed by atoms with Gasteiger partial charge in [0.15, 0.2) is 0 Å². The lowest BCUT2D eigenvalue weighted by Crippen LogP contribution is -2.46. The lowest BCUT2D eigenvalue weighted by Gasteiger charge is -2.24. The molecule has 0 bridgehead atoms. The fraction of sp³-hybridized carbons (Fsp3) is 1.00. The van der Waals surface area contributed by atoms with Gasteiger partial charge in [-0.1, -0.05) is 27.2 Å². The molecule has 0 saturated heterocycles. The van der Waals surface area contributed by atoms with Crippen LogP contribution in [0.25, 0.3) is 0 Å². The molecule has 2 nitrogen and oxygen atoms in total. The molecule has 0 fully saturated rings. The number of hydrogen-bond donors (Lipinski definition) is 2. The van der Waals surface area contributed by atoms with Gasteiger partial charge in [-0.25, -0.2) is 0 Å². The van der Waals surface area contributed by atoms with E-state index in [0.717, 1.165) is 25.9 Å². The van der Waals surface area contributed by atoms with E-state index in [1.807, 2.05) is 0 Å². The van der Waals surface area contributed by atoms with Crippen LogP contribution in [-0.2, 0) is 0 Å². The third kappa shape index (κ3) is 6.62. The molecule has 1 unspecified atom stereocenters. The van der Waals surface area contributed by atoms with Gasteiger partial charge in [0, 0.05) is 12.1 Å². The van der Waals surface area contributed by atoms with Crippen LogP contribution in [0.15, 0.2) is 0 Å². The molecule has 0 aromatic heterocycles. The van der Waals surface area contributed by atoms with Crippen molar-refractivity contribution in [2.75, 3.05) is 13.1 Å². The summed E-state index contributed by atoms with van der Waals surface area (Å²) in [5, 5.41) is 3.38. The van der Waals surface area contributed by atoms with E-state index in [-0.39, 0.29) is 5.54 Å². The maximum atomic E-state index is 6.05. The second-order valence-corrected chi connectivity index (χ2v) is 4.43. The summed E-state index contributed by atoms with van der Waals surface area (Å²) in [6.07, 6.45) is 2.26. The van der Waals surface area contributed by atoms with Gasteiger partial charge in [-0.2, -0.15) is 0 Å². The Morgan fingerprint density at radius 3 is 2.42 bits per heavy atom. The molecule has 0 aliphatic rings. The molecule has 2 heteroatoms. The van der Waals surface area contributed by atoms with Crippen molar-refractivity contribution in [3.8, 4) is 0 Å². The Kier molecular flexibility index (Phi) is 5.51. The minimum atomic E-state index is -0.0242. The summed E-state index contributed by atoms with van der Waals surface area (Å²) in [7, 11) is 0. The van der Waals surface area contributed by atoms with Crippen LogP contribution in [-0.4, -0.2) is 18.6 Å². The molecule has 0 saturated carbocycles. The Morgan fingerprint density at radius 1 is 1.42 bits per heavy atom. The zero-order chi connectivity index (χ0) is 9.61. The molecule has 0 heterocycles. The topological polar surface area (TPSA) is 38.0 Å². The number of nitrogens with one attached hydrogen (secondary N) is 1. The first-order valence-electron chi connectivity index (χ1n) is 4.97. The average Bonchev–Trinajstić information content (AvgIpc) is 1.85. The molecule has 0 aliphatic heterocycles. The highest BCUT2D eigenvalue weighted by Gasteiger charge is 2.15. The molecule has 3 N–H and O–H groups in total. The number of hydrogen-bond acceptors (Lipinski definition) is 2. The average molecular weight is 172 g/mol. The van der Waals surface area contributed by atoms with E-state index in [1.54, 1.807) is 0 Å². The predicted molar refractivity (Wildman–Crippen MR) is 55.2 cm³/mol. The van der Waals surface area contributed by atoms with Crippen LogP contribution in [0.1, 0.15) is 40.5 Å². The summed E-state index contributed by atoms with van der Waals surface area (Å²) in [6.45, 7) is 10.7. The van der Waals surface area contributed by atoms with Gasteiger partial charge in [-0.3, -0.25) is 0 Å². The van der Waals surface area contributed by atoms with Gasteiger partial charge in [0.25, 0.3) is 0 Å². The van der Waals surface area contributed by atoms with Crippen LogP contribution < -0.4 is 11.1 Å². The monoisotopic (exact) mass is 172 g/mol. The van der Waals surface area contributed by atoms with Crippen LogP contribution in [0.2, 0.25) is 0 Å². The first-order chi connectivity index (χ1) is 5.48. The van der Waals surface area contributed by atoms with E-state index in [4.69, 9.17) is 5.73 Å². The molecule has 0 spiro atoms. The molecule has 0 rings (SSSR count). The second-order valence-electron chi connectivity index (χ2n) is 4.43. The van der Waals surface area contributed by atoms with Crippen LogP contribution in [0, 0.1) is 5.92 Å². The van der Waals surface area contributed by atoms with E-state index in [2.05, 4.69) is 33.0 Å². The highest BCUT2D eigenvalue weighted by atomic mass is 14.9. The predicted octanol–water partition coefficient (Wildman–Crippen LogP) is 1.75. The first kappa shape index (κ1) is 11.9. The normalized spacial score (nSPS) is 16.5. The molecule has 74 valence electrons. The third-order valence-corrected chi connectivity index (χ3v) is 1.90. The van der Waals surface area contributed by atoms with Gasteiger partial charge >= 0.3 is 0 Å². The number of rotatable bonds is 6. The van der Waals surface area contributed by atoms with Crippen molar-refractivity contribution in [2.45, 2.75) is 46.1 Å². The molecule has 0 radical (unpaired) electrons. The van der Waals surface area contributed by atoms with Gasteiger partial charge in [0.05, 0.1) is 0 Å². The van der Waals surface area contributed by atoms with Crippen molar-refractivity contribution >= 4 is 0 Å². The Balaban J connectivity index is 3.46. The quantitative estimate of drug-likeness (QED) is 0.640. The van der Waals surface area contributed by atoms with Crippen LogP contribution >= 0.6 is 0 Å². The van der Waals surface area contributed by atoms with E-state index >= 15 is 0 Å². The fourth-order valence-corrected chi connectivity index (χ4v) is 1.31. The SMILES string of the molecule is CCCC(C)(N)CNCC(C)C. The largest absolute Gasteiger partial charge is 0.324 e. The van der Waals surface area contributed by atoms with Crippen molar-refractivity contribution in [3.05, 3.63) is 0 Å². The van der Waals surface area contributed by atoms with Crippen molar-refractivity contribution in [2.24, 2.45) is 11.7 Å². The summed E-state index contributed by atoms with van der Waals surface area (Å²) in [6, 6.07) is 0.